The van der Waals surface area contributed by atoms with E-state index >= 15 is 0 Å². The number of rotatable bonds is 7. The average molecular weight is 527 g/mol. The van der Waals surface area contributed by atoms with Crippen LogP contribution in [0.3, 0.4) is 0 Å². The first-order chi connectivity index (χ1) is 14.2. The zero-order valence-electron chi connectivity index (χ0n) is 17.7. The molecule has 2 aromatic rings. The maximum absolute atomic E-state index is 5.77. The maximum Gasteiger partial charge on any atom is 0.196 e. The van der Waals surface area contributed by atoms with Crippen LogP contribution < -0.4 is 29.6 Å². The highest BCUT2D eigenvalue weighted by Crippen LogP contribution is 2.31. The molecule has 2 aromatic carbocycles. The van der Waals surface area contributed by atoms with Crippen molar-refractivity contribution in [2.75, 3.05) is 38.8 Å². The van der Waals surface area contributed by atoms with Crippen LogP contribution in [-0.4, -0.2) is 39.4 Å². The molecule has 0 aromatic heterocycles. The summed E-state index contributed by atoms with van der Waals surface area (Å²) in [7, 11) is 1.63. The molecule has 0 spiro atoms. The number of anilines is 1. The van der Waals surface area contributed by atoms with E-state index in [9.17, 15) is 0 Å². The van der Waals surface area contributed by atoms with E-state index in [1.165, 1.54) is 0 Å². The second kappa shape index (κ2) is 12.4. The Morgan fingerprint density at radius 2 is 1.83 bits per heavy atom. The molecule has 0 amide bonds. The summed E-state index contributed by atoms with van der Waals surface area (Å²) in [5.74, 6) is 3.66. The topological polar surface area (TPSA) is 73.3 Å². The van der Waals surface area contributed by atoms with E-state index < -0.39 is 0 Å². The number of hydrogen-bond donors (Lipinski definition) is 2. The lowest BCUT2D eigenvalue weighted by Gasteiger charge is -2.14. The highest BCUT2D eigenvalue weighted by Gasteiger charge is 2.11. The molecular formula is C22H30IN3O4. The lowest BCUT2D eigenvalue weighted by atomic mass is 10.2. The van der Waals surface area contributed by atoms with E-state index in [0.29, 0.717) is 43.8 Å². The number of halogens is 1. The first-order valence-corrected chi connectivity index (χ1v) is 9.98. The summed E-state index contributed by atoms with van der Waals surface area (Å²) in [5.41, 5.74) is 1.92. The van der Waals surface area contributed by atoms with Gasteiger partial charge in [-0.2, -0.15) is 0 Å². The molecule has 30 heavy (non-hydrogen) atoms. The van der Waals surface area contributed by atoms with Gasteiger partial charge in [0.2, 0.25) is 0 Å². The van der Waals surface area contributed by atoms with E-state index in [2.05, 4.69) is 10.6 Å². The summed E-state index contributed by atoms with van der Waals surface area (Å²) >= 11 is 0. The minimum absolute atomic E-state index is 0. The van der Waals surface area contributed by atoms with Crippen LogP contribution in [0.15, 0.2) is 41.4 Å². The largest absolute Gasteiger partial charge is 0.493 e. The van der Waals surface area contributed by atoms with Gasteiger partial charge in [-0.15, -0.1) is 24.0 Å². The van der Waals surface area contributed by atoms with E-state index in [0.717, 1.165) is 35.7 Å². The number of ether oxygens (including phenoxy) is 4. The monoisotopic (exact) mass is 527 g/mol. The molecule has 8 heteroatoms. The van der Waals surface area contributed by atoms with Crippen molar-refractivity contribution in [2.45, 2.75) is 26.8 Å². The van der Waals surface area contributed by atoms with Crippen molar-refractivity contribution in [2.24, 2.45) is 4.99 Å². The van der Waals surface area contributed by atoms with Gasteiger partial charge in [0, 0.05) is 24.7 Å². The predicted octanol–water partition coefficient (Wildman–Crippen LogP) is 4.45. The molecular weight excluding hydrogens is 497 g/mol. The summed E-state index contributed by atoms with van der Waals surface area (Å²) in [6, 6.07) is 11.7. The number of benzene rings is 2. The van der Waals surface area contributed by atoms with Crippen LogP contribution in [0.5, 0.6) is 23.0 Å². The summed E-state index contributed by atoms with van der Waals surface area (Å²) in [6.07, 6.45) is 0.891. The molecule has 0 fully saturated rings. The van der Waals surface area contributed by atoms with Gasteiger partial charge in [0.05, 0.1) is 33.5 Å². The highest BCUT2D eigenvalue weighted by molar-refractivity contribution is 14.0. The standard InChI is InChI=1S/C22H29N3O4.HI/c1-4-23-22(25-17-8-10-18(26-3)21(14-17)27-5-2)24-15-16-7-9-19-20(13-16)29-12-6-11-28-19;/h7-10,13-14H,4-6,11-12,15H2,1-3H3,(H2,23,24,25);1H. The smallest absolute Gasteiger partial charge is 0.196 e. The summed E-state index contributed by atoms with van der Waals surface area (Å²) < 4.78 is 22.5. The Morgan fingerprint density at radius 3 is 2.57 bits per heavy atom. The molecule has 1 aliphatic rings. The van der Waals surface area contributed by atoms with Gasteiger partial charge in [-0.3, -0.25) is 0 Å². The summed E-state index contributed by atoms with van der Waals surface area (Å²) in [5, 5.41) is 6.58. The number of hydrogen-bond acceptors (Lipinski definition) is 5. The molecule has 1 heterocycles. The third-order valence-corrected chi connectivity index (χ3v) is 4.30. The molecule has 7 nitrogen and oxygen atoms in total. The van der Waals surface area contributed by atoms with Crippen molar-refractivity contribution in [3.8, 4) is 23.0 Å². The molecule has 0 bridgehead atoms. The van der Waals surface area contributed by atoms with Gasteiger partial charge in [-0.05, 0) is 43.7 Å². The molecule has 0 saturated carbocycles. The normalized spacial score (nSPS) is 13.0. The van der Waals surface area contributed by atoms with Gasteiger partial charge in [-0.25, -0.2) is 4.99 Å². The van der Waals surface area contributed by atoms with Gasteiger partial charge in [0.15, 0.2) is 29.0 Å². The van der Waals surface area contributed by atoms with E-state index in [1.807, 2.05) is 50.2 Å². The van der Waals surface area contributed by atoms with Crippen LogP contribution >= 0.6 is 24.0 Å². The first kappa shape index (κ1) is 23.9. The molecule has 164 valence electrons. The van der Waals surface area contributed by atoms with Crippen LogP contribution in [-0.2, 0) is 6.54 Å². The van der Waals surface area contributed by atoms with E-state index in [1.54, 1.807) is 7.11 Å². The number of nitrogens with one attached hydrogen (secondary N) is 2. The van der Waals surface area contributed by atoms with Gasteiger partial charge < -0.3 is 29.6 Å². The minimum Gasteiger partial charge on any atom is -0.493 e. The lowest BCUT2D eigenvalue weighted by Crippen LogP contribution is -2.30. The quantitative estimate of drug-likeness (QED) is 0.315. The van der Waals surface area contributed by atoms with E-state index in [-0.39, 0.29) is 24.0 Å². The van der Waals surface area contributed by atoms with Crippen molar-refractivity contribution in [1.29, 1.82) is 0 Å². The number of methoxy groups -OCH3 is 1. The molecule has 1 aliphatic heterocycles. The fraction of sp³-hybridized carbons (Fsp3) is 0.409. The number of fused-ring (bicyclic) bond motifs is 1. The zero-order chi connectivity index (χ0) is 20.5. The fourth-order valence-electron chi connectivity index (χ4n) is 2.94. The highest BCUT2D eigenvalue weighted by atomic mass is 127. The van der Waals surface area contributed by atoms with Gasteiger partial charge in [0.25, 0.3) is 0 Å². The third kappa shape index (κ3) is 6.58. The Hall–Kier alpha value is -2.36. The Morgan fingerprint density at radius 1 is 1.03 bits per heavy atom. The number of guanidine groups is 1. The summed E-state index contributed by atoms with van der Waals surface area (Å²) in [4.78, 5) is 4.70. The number of nitrogens with zero attached hydrogens (tertiary/aromatic N) is 1. The molecule has 0 radical (unpaired) electrons. The van der Waals surface area contributed by atoms with Crippen LogP contribution in [0, 0.1) is 0 Å². The molecule has 0 saturated heterocycles. The number of aliphatic imine (C=N–C) groups is 1. The van der Waals surface area contributed by atoms with Gasteiger partial charge in [-0.1, -0.05) is 6.07 Å². The Kier molecular flexibility index (Phi) is 9.85. The summed E-state index contributed by atoms with van der Waals surface area (Å²) in [6.45, 7) is 7.17. The maximum atomic E-state index is 5.77. The van der Waals surface area contributed by atoms with Gasteiger partial charge in [0.1, 0.15) is 0 Å². The van der Waals surface area contributed by atoms with Crippen LogP contribution in [0.4, 0.5) is 5.69 Å². The molecule has 0 aliphatic carbocycles. The van der Waals surface area contributed by atoms with Crippen LogP contribution in [0.1, 0.15) is 25.8 Å². The SMILES string of the molecule is CCNC(=NCc1ccc2c(c1)OCCCO2)Nc1ccc(OC)c(OCC)c1.I. The van der Waals surface area contributed by atoms with Crippen molar-refractivity contribution in [1.82, 2.24) is 5.32 Å². The zero-order valence-corrected chi connectivity index (χ0v) is 20.0. The molecule has 0 unspecified atom stereocenters. The van der Waals surface area contributed by atoms with Crippen molar-refractivity contribution in [3.05, 3.63) is 42.0 Å². The van der Waals surface area contributed by atoms with E-state index in [4.69, 9.17) is 23.9 Å². The Bertz CT molecular complexity index is 845. The van der Waals surface area contributed by atoms with Crippen molar-refractivity contribution >= 4 is 35.6 Å². The fourth-order valence-corrected chi connectivity index (χ4v) is 2.94. The van der Waals surface area contributed by atoms with Crippen LogP contribution in [0.2, 0.25) is 0 Å². The van der Waals surface area contributed by atoms with Gasteiger partial charge >= 0.3 is 0 Å². The molecule has 0 atom stereocenters. The van der Waals surface area contributed by atoms with Crippen molar-refractivity contribution < 1.29 is 18.9 Å². The Labute approximate surface area is 195 Å². The van der Waals surface area contributed by atoms with Crippen LogP contribution in [0.25, 0.3) is 0 Å². The second-order valence-electron chi connectivity index (χ2n) is 6.45. The van der Waals surface area contributed by atoms with Crippen molar-refractivity contribution in [3.63, 3.8) is 0 Å². The first-order valence-electron chi connectivity index (χ1n) is 9.98. The molecule has 2 N–H and O–H groups in total. The average Bonchev–Trinajstić information content (AvgIpc) is 2.97. The predicted molar refractivity (Wildman–Crippen MR) is 130 cm³/mol. The Balaban J connectivity index is 0.00000320. The third-order valence-electron chi connectivity index (χ3n) is 4.30. The minimum atomic E-state index is 0. The molecule has 3 rings (SSSR count). The second-order valence-corrected chi connectivity index (χ2v) is 6.45. The lowest BCUT2D eigenvalue weighted by molar-refractivity contribution is 0.297.